The van der Waals surface area contributed by atoms with Gasteiger partial charge in [-0.2, -0.15) is 12.6 Å². The third kappa shape index (κ3) is 3.92. The molecule has 1 unspecified atom stereocenters. The minimum absolute atomic E-state index is 0.122. The van der Waals surface area contributed by atoms with E-state index >= 15 is 0 Å². The summed E-state index contributed by atoms with van der Waals surface area (Å²) in [6.07, 6.45) is 4.70. The number of hydrogen-bond acceptors (Lipinski definition) is 5. The first-order chi connectivity index (χ1) is 10.0. The Kier molecular flexibility index (Phi) is 5.14. The maximum Gasteiger partial charge on any atom is 0.247 e. The predicted octanol–water partition coefficient (Wildman–Crippen LogP) is 1.88. The molecule has 0 saturated carbocycles. The highest BCUT2D eigenvalue weighted by molar-refractivity contribution is 7.81. The van der Waals surface area contributed by atoms with E-state index in [4.69, 9.17) is 5.73 Å². The van der Waals surface area contributed by atoms with Gasteiger partial charge in [0.05, 0.1) is 0 Å². The summed E-state index contributed by atoms with van der Waals surface area (Å²) in [6.45, 7) is 0.352. The highest BCUT2D eigenvalue weighted by Crippen LogP contribution is 2.21. The molecule has 21 heavy (non-hydrogen) atoms. The van der Waals surface area contributed by atoms with Gasteiger partial charge in [0.15, 0.2) is 0 Å². The van der Waals surface area contributed by atoms with Crippen LogP contribution < -0.4 is 11.1 Å². The van der Waals surface area contributed by atoms with Crippen molar-refractivity contribution in [3.05, 3.63) is 52.7 Å². The van der Waals surface area contributed by atoms with E-state index in [1.54, 1.807) is 30.4 Å². The molecule has 0 aromatic heterocycles. The molecule has 0 fully saturated rings. The number of thiol groups is 2. The monoisotopic (exact) mass is 320 g/mol. The van der Waals surface area contributed by atoms with Gasteiger partial charge >= 0.3 is 0 Å². The zero-order valence-electron chi connectivity index (χ0n) is 11.2. The summed E-state index contributed by atoms with van der Waals surface area (Å²) in [6, 6.07) is 5.15. The van der Waals surface area contributed by atoms with E-state index < -0.39 is 0 Å². The number of aldehydes is 1. The lowest BCUT2D eigenvalue weighted by atomic mass is 10.0. The molecule has 0 bridgehead atoms. The van der Waals surface area contributed by atoms with Crippen molar-refractivity contribution < 1.29 is 9.59 Å². The van der Waals surface area contributed by atoms with Gasteiger partial charge in [0.25, 0.3) is 0 Å². The number of carbonyl (C=O) groups is 2. The van der Waals surface area contributed by atoms with Crippen LogP contribution in [-0.4, -0.2) is 17.4 Å². The van der Waals surface area contributed by atoms with Gasteiger partial charge in [-0.25, -0.2) is 0 Å². The first kappa shape index (κ1) is 15.7. The van der Waals surface area contributed by atoms with Crippen molar-refractivity contribution in [2.45, 2.75) is 23.1 Å². The molecule has 0 spiro atoms. The third-order valence-corrected chi connectivity index (χ3v) is 4.15. The number of nitrogens with one attached hydrogen (secondary N) is 1. The SMILES string of the molecule is NC1=CC=C(C(=O)NCc2ccc(C=O)cc2S)CC1S. The van der Waals surface area contributed by atoms with Crippen molar-refractivity contribution in [2.24, 2.45) is 5.73 Å². The van der Waals surface area contributed by atoms with Crippen molar-refractivity contribution in [2.75, 3.05) is 0 Å². The van der Waals surface area contributed by atoms with Gasteiger partial charge in [-0.15, -0.1) is 12.6 Å². The Morgan fingerprint density at radius 2 is 2.19 bits per heavy atom. The molecule has 1 aliphatic carbocycles. The van der Waals surface area contributed by atoms with Crippen LogP contribution in [0.25, 0.3) is 0 Å². The molecular weight excluding hydrogens is 304 g/mol. The molecule has 1 aliphatic rings. The average molecular weight is 320 g/mol. The zero-order valence-corrected chi connectivity index (χ0v) is 13.0. The Morgan fingerprint density at radius 3 is 2.81 bits per heavy atom. The van der Waals surface area contributed by atoms with Crippen LogP contribution in [0.15, 0.2) is 46.5 Å². The second-order valence-corrected chi connectivity index (χ2v) is 5.87. The van der Waals surface area contributed by atoms with E-state index in [1.165, 1.54) is 0 Å². The van der Waals surface area contributed by atoms with Crippen LogP contribution in [0.2, 0.25) is 0 Å². The molecule has 1 aromatic carbocycles. The quantitative estimate of drug-likeness (QED) is 0.505. The van der Waals surface area contributed by atoms with Gasteiger partial charge in [-0.05, 0) is 24.1 Å². The van der Waals surface area contributed by atoms with E-state index in [0.29, 0.717) is 34.7 Å². The molecule has 6 heteroatoms. The third-order valence-electron chi connectivity index (χ3n) is 3.25. The first-order valence-electron chi connectivity index (χ1n) is 6.41. The van der Waals surface area contributed by atoms with E-state index in [9.17, 15) is 9.59 Å². The molecule has 0 radical (unpaired) electrons. The number of allylic oxidation sites excluding steroid dienone is 2. The van der Waals surface area contributed by atoms with Crippen LogP contribution in [0.3, 0.4) is 0 Å². The van der Waals surface area contributed by atoms with Gasteiger partial charge in [0, 0.05) is 33.5 Å². The van der Waals surface area contributed by atoms with Gasteiger partial charge in [-0.3, -0.25) is 9.59 Å². The Bertz CT molecular complexity index is 639. The van der Waals surface area contributed by atoms with Crippen LogP contribution in [0.4, 0.5) is 0 Å². The number of benzene rings is 1. The first-order valence-corrected chi connectivity index (χ1v) is 7.37. The normalized spacial score (nSPS) is 17.7. The van der Waals surface area contributed by atoms with Crippen molar-refractivity contribution in [1.82, 2.24) is 5.32 Å². The van der Waals surface area contributed by atoms with Crippen LogP contribution in [0.5, 0.6) is 0 Å². The molecule has 0 heterocycles. The van der Waals surface area contributed by atoms with Crippen LogP contribution in [-0.2, 0) is 11.3 Å². The lowest BCUT2D eigenvalue weighted by Crippen LogP contribution is -2.28. The van der Waals surface area contributed by atoms with Crippen LogP contribution in [0, 0.1) is 0 Å². The molecule has 0 aliphatic heterocycles. The Labute approximate surface area is 134 Å². The topological polar surface area (TPSA) is 72.2 Å². The summed E-state index contributed by atoms with van der Waals surface area (Å²) in [7, 11) is 0. The highest BCUT2D eigenvalue weighted by atomic mass is 32.1. The number of nitrogens with two attached hydrogens (primary N) is 1. The second kappa shape index (κ2) is 6.87. The predicted molar refractivity (Wildman–Crippen MR) is 88.7 cm³/mol. The maximum absolute atomic E-state index is 12.1. The summed E-state index contributed by atoms with van der Waals surface area (Å²) in [4.78, 5) is 23.4. The zero-order chi connectivity index (χ0) is 15.4. The molecule has 1 aromatic rings. The molecule has 3 N–H and O–H groups in total. The Balaban J connectivity index is 2.00. The van der Waals surface area contributed by atoms with E-state index in [2.05, 4.69) is 30.6 Å². The summed E-state index contributed by atoms with van der Waals surface area (Å²) < 4.78 is 0. The van der Waals surface area contributed by atoms with Crippen molar-refractivity contribution in [3.8, 4) is 0 Å². The number of hydrogen-bond donors (Lipinski definition) is 4. The van der Waals surface area contributed by atoms with Crippen LogP contribution in [0.1, 0.15) is 22.3 Å². The Morgan fingerprint density at radius 1 is 1.43 bits per heavy atom. The Hall–Kier alpha value is -1.66. The second-order valence-electron chi connectivity index (χ2n) is 4.77. The molecule has 110 valence electrons. The van der Waals surface area contributed by atoms with Gasteiger partial charge < -0.3 is 11.1 Å². The largest absolute Gasteiger partial charge is 0.401 e. The van der Waals surface area contributed by atoms with Gasteiger partial charge in [0.2, 0.25) is 5.91 Å². The minimum atomic E-state index is -0.148. The van der Waals surface area contributed by atoms with Gasteiger partial charge in [-0.1, -0.05) is 18.2 Å². The number of amides is 1. The molecular formula is C15H16N2O2S2. The summed E-state index contributed by atoms with van der Waals surface area (Å²) in [5.41, 5.74) is 8.45. The molecule has 2 rings (SSSR count). The lowest BCUT2D eigenvalue weighted by Gasteiger charge is -2.18. The molecule has 0 saturated heterocycles. The smallest absolute Gasteiger partial charge is 0.247 e. The van der Waals surface area contributed by atoms with E-state index in [0.717, 1.165) is 11.8 Å². The fourth-order valence-electron chi connectivity index (χ4n) is 1.96. The minimum Gasteiger partial charge on any atom is -0.401 e. The number of rotatable bonds is 4. The maximum atomic E-state index is 12.1. The average Bonchev–Trinajstić information content (AvgIpc) is 2.48. The lowest BCUT2D eigenvalue weighted by molar-refractivity contribution is -0.117. The van der Waals surface area contributed by atoms with E-state index in [-0.39, 0.29) is 11.2 Å². The number of carbonyl (C=O) groups excluding carboxylic acids is 2. The van der Waals surface area contributed by atoms with Gasteiger partial charge in [0.1, 0.15) is 6.29 Å². The highest BCUT2D eigenvalue weighted by Gasteiger charge is 2.18. The summed E-state index contributed by atoms with van der Waals surface area (Å²) in [5, 5.41) is 2.71. The van der Waals surface area contributed by atoms with Crippen LogP contribution >= 0.6 is 25.3 Å². The van der Waals surface area contributed by atoms with Crippen molar-refractivity contribution in [1.29, 1.82) is 0 Å². The fraction of sp³-hybridized carbons (Fsp3) is 0.200. The van der Waals surface area contributed by atoms with Crippen molar-refractivity contribution >= 4 is 37.5 Å². The summed E-state index contributed by atoms with van der Waals surface area (Å²) in [5.74, 6) is -0.148. The summed E-state index contributed by atoms with van der Waals surface area (Å²) >= 11 is 8.64. The molecule has 1 atom stereocenters. The van der Waals surface area contributed by atoms with E-state index in [1.807, 2.05) is 0 Å². The molecule has 4 nitrogen and oxygen atoms in total. The fourth-order valence-corrected chi connectivity index (χ4v) is 2.55. The standard InChI is InChI=1S/C15H16N2O2S2/c16-12-4-3-10(6-14(12)21)15(19)17-7-11-2-1-9(8-18)5-13(11)20/h1-5,8,14,20-21H,6-7,16H2,(H,17,19). The molecule has 1 amide bonds. The van der Waals surface area contributed by atoms with Crippen molar-refractivity contribution in [3.63, 3.8) is 0 Å².